The predicted octanol–water partition coefficient (Wildman–Crippen LogP) is -0.426. The van der Waals surface area contributed by atoms with E-state index in [0.717, 1.165) is 39.1 Å². The smallest absolute Gasteiger partial charge is 0.238 e. The third-order valence-corrected chi connectivity index (χ3v) is 3.78. The molecule has 0 radical (unpaired) electrons. The minimum atomic E-state index is -0.0127. The Balaban J connectivity index is 1.87. The van der Waals surface area contributed by atoms with Crippen molar-refractivity contribution in [3.05, 3.63) is 0 Å². The second kappa shape index (κ2) is 5.80. The number of piperazine rings is 1. The van der Waals surface area contributed by atoms with Gasteiger partial charge in [0, 0.05) is 39.3 Å². The van der Waals surface area contributed by atoms with Crippen molar-refractivity contribution in [3.8, 4) is 0 Å². The first-order valence-electron chi connectivity index (χ1n) is 6.56. The van der Waals surface area contributed by atoms with E-state index >= 15 is 0 Å². The first kappa shape index (κ1) is 12.8. The number of likely N-dealkylation sites (N-methyl/N-ethyl adjacent to an activating group) is 1. The normalized spacial score (nSPS) is 34.1. The molecule has 5 heteroatoms. The number of nitrogens with one attached hydrogen (secondary N) is 2. The Kier molecular flexibility index (Phi) is 4.36. The fourth-order valence-corrected chi connectivity index (χ4v) is 2.75. The summed E-state index contributed by atoms with van der Waals surface area (Å²) in [6, 6.07) is 0.511. The molecule has 1 atom stereocenters. The predicted molar refractivity (Wildman–Crippen MR) is 65.9 cm³/mol. The van der Waals surface area contributed by atoms with Crippen LogP contribution in [0.3, 0.4) is 0 Å². The highest BCUT2D eigenvalue weighted by molar-refractivity contribution is 5.81. The van der Waals surface area contributed by atoms with Crippen LogP contribution in [0.1, 0.15) is 19.8 Å². The van der Waals surface area contributed by atoms with Crippen molar-refractivity contribution >= 4 is 5.91 Å². The van der Waals surface area contributed by atoms with Gasteiger partial charge in [-0.15, -0.1) is 0 Å². The fourth-order valence-electron chi connectivity index (χ4n) is 2.75. The van der Waals surface area contributed by atoms with Gasteiger partial charge in [0.05, 0.1) is 6.10 Å². The van der Waals surface area contributed by atoms with Crippen molar-refractivity contribution in [2.24, 2.45) is 0 Å². The molecule has 1 aliphatic heterocycles. The van der Waals surface area contributed by atoms with E-state index < -0.39 is 0 Å². The van der Waals surface area contributed by atoms with Gasteiger partial charge in [0.15, 0.2) is 0 Å². The molecule has 1 saturated carbocycles. The molecule has 1 aliphatic carbocycles. The third kappa shape index (κ3) is 2.78. The van der Waals surface area contributed by atoms with Gasteiger partial charge in [-0.05, 0) is 19.8 Å². The molecule has 1 amide bonds. The Labute approximate surface area is 103 Å². The lowest BCUT2D eigenvalue weighted by atomic mass is 9.86. The molecule has 0 bridgehead atoms. The van der Waals surface area contributed by atoms with Crippen LogP contribution >= 0.6 is 0 Å². The van der Waals surface area contributed by atoms with Gasteiger partial charge in [0.1, 0.15) is 6.04 Å². The maximum atomic E-state index is 11.8. The Bertz CT molecular complexity index is 266. The van der Waals surface area contributed by atoms with E-state index in [9.17, 15) is 4.79 Å². The molecule has 0 aromatic rings. The highest BCUT2D eigenvalue weighted by Crippen LogP contribution is 2.30. The maximum absolute atomic E-state index is 11.8. The van der Waals surface area contributed by atoms with Gasteiger partial charge in [-0.1, -0.05) is 0 Å². The lowest BCUT2D eigenvalue weighted by molar-refractivity contribution is -0.131. The van der Waals surface area contributed by atoms with Crippen LogP contribution in [0.5, 0.6) is 0 Å². The number of ether oxygens (including phenoxy) is 1. The van der Waals surface area contributed by atoms with E-state index in [0.29, 0.717) is 12.1 Å². The van der Waals surface area contributed by atoms with Gasteiger partial charge < -0.3 is 15.4 Å². The topological polar surface area (TPSA) is 53.6 Å². The number of amides is 1. The zero-order valence-electron chi connectivity index (χ0n) is 10.7. The zero-order chi connectivity index (χ0) is 12.3. The van der Waals surface area contributed by atoms with Gasteiger partial charge >= 0.3 is 0 Å². The number of hydrogen-bond acceptors (Lipinski definition) is 4. The summed E-state index contributed by atoms with van der Waals surface area (Å²) in [5, 5.41) is 6.04. The largest absolute Gasteiger partial charge is 0.378 e. The molecule has 0 spiro atoms. The summed E-state index contributed by atoms with van der Waals surface area (Å²) < 4.78 is 5.58. The molecule has 0 aromatic carbocycles. The maximum Gasteiger partial charge on any atom is 0.238 e. The Morgan fingerprint density at radius 3 is 2.94 bits per heavy atom. The molecule has 1 unspecified atom stereocenters. The highest BCUT2D eigenvalue weighted by atomic mass is 16.5. The average Bonchev–Trinajstić information content (AvgIpc) is 2.32. The van der Waals surface area contributed by atoms with Crippen LogP contribution in [0.15, 0.2) is 0 Å². The number of hydrogen-bond donors (Lipinski definition) is 2. The van der Waals surface area contributed by atoms with Gasteiger partial charge in [-0.3, -0.25) is 9.69 Å². The molecule has 98 valence electrons. The molecular formula is C12H23N3O2. The molecule has 5 nitrogen and oxygen atoms in total. The van der Waals surface area contributed by atoms with E-state index in [-0.39, 0.29) is 11.9 Å². The summed E-state index contributed by atoms with van der Waals surface area (Å²) in [6.07, 6.45) is 2.55. The number of carbonyl (C=O) groups excluding carboxylic acids is 1. The zero-order valence-corrected chi connectivity index (χ0v) is 10.7. The quantitative estimate of drug-likeness (QED) is 0.701. The van der Waals surface area contributed by atoms with Crippen LogP contribution in [-0.4, -0.2) is 62.3 Å². The van der Waals surface area contributed by atoms with Crippen LogP contribution in [-0.2, 0) is 9.53 Å². The average molecular weight is 241 g/mol. The van der Waals surface area contributed by atoms with Crippen molar-refractivity contribution in [1.82, 2.24) is 15.5 Å². The Hall–Kier alpha value is -0.650. The van der Waals surface area contributed by atoms with Gasteiger partial charge in [-0.25, -0.2) is 0 Å². The second-order valence-corrected chi connectivity index (χ2v) is 4.77. The minimum Gasteiger partial charge on any atom is -0.378 e. The van der Waals surface area contributed by atoms with E-state index in [1.807, 2.05) is 6.92 Å². The summed E-state index contributed by atoms with van der Waals surface area (Å²) in [7, 11) is 1.71. The van der Waals surface area contributed by atoms with E-state index in [2.05, 4.69) is 15.5 Å². The molecule has 1 saturated heterocycles. The molecule has 1 heterocycles. The van der Waals surface area contributed by atoms with Crippen molar-refractivity contribution in [3.63, 3.8) is 0 Å². The molecular weight excluding hydrogens is 218 g/mol. The lowest BCUT2D eigenvalue weighted by Crippen LogP contribution is -2.63. The van der Waals surface area contributed by atoms with Crippen molar-refractivity contribution in [1.29, 1.82) is 0 Å². The van der Waals surface area contributed by atoms with Gasteiger partial charge in [-0.2, -0.15) is 0 Å². The monoisotopic (exact) mass is 241 g/mol. The molecule has 17 heavy (non-hydrogen) atoms. The van der Waals surface area contributed by atoms with Gasteiger partial charge in [0.25, 0.3) is 0 Å². The number of carbonyl (C=O) groups is 1. The van der Waals surface area contributed by atoms with E-state index in [4.69, 9.17) is 4.74 Å². The summed E-state index contributed by atoms with van der Waals surface area (Å²) in [6.45, 7) is 5.52. The standard InChI is InChI=1S/C12H23N3O2/c1-3-17-10-6-9(7-10)15-5-4-14-8-11(15)12(16)13-2/h9-11,14H,3-8H2,1-2H3,(H,13,16). The molecule has 2 aliphatic rings. The van der Waals surface area contributed by atoms with Crippen LogP contribution in [0.25, 0.3) is 0 Å². The third-order valence-electron chi connectivity index (χ3n) is 3.78. The van der Waals surface area contributed by atoms with Crippen molar-refractivity contribution in [2.75, 3.05) is 33.3 Å². The summed E-state index contributed by atoms with van der Waals surface area (Å²) in [5.74, 6) is 0.122. The van der Waals surface area contributed by atoms with E-state index in [1.54, 1.807) is 7.05 Å². The minimum absolute atomic E-state index is 0.0127. The molecule has 2 fully saturated rings. The fraction of sp³-hybridized carbons (Fsp3) is 0.917. The van der Waals surface area contributed by atoms with Gasteiger partial charge in [0.2, 0.25) is 5.91 Å². The first-order valence-corrected chi connectivity index (χ1v) is 6.56. The molecule has 0 aromatic heterocycles. The summed E-state index contributed by atoms with van der Waals surface area (Å²) in [5.41, 5.74) is 0. The summed E-state index contributed by atoms with van der Waals surface area (Å²) >= 11 is 0. The van der Waals surface area contributed by atoms with Crippen LogP contribution in [0, 0.1) is 0 Å². The SMILES string of the molecule is CCOC1CC(N2CCNCC2C(=O)NC)C1. The van der Waals surface area contributed by atoms with Crippen molar-refractivity contribution in [2.45, 2.75) is 38.0 Å². The van der Waals surface area contributed by atoms with Crippen LogP contribution < -0.4 is 10.6 Å². The second-order valence-electron chi connectivity index (χ2n) is 4.77. The molecule has 2 rings (SSSR count). The van der Waals surface area contributed by atoms with Crippen LogP contribution in [0.2, 0.25) is 0 Å². The Morgan fingerprint density at radius 1 is 1.53 bits per heavy atom. The summed E-state index contributed by atoms with van der Waals surface area (Å²) in [4.78, 5) is 14.1. The van der Waals surface area contributed by atoms with Crippen molar-refractivity contribution < 1.29 is 9.53 Å². The number of rotatable bonds is 4. The first-order chi connectivity index (χ1) is 8.26. The highest BCUT2D eigenvalue weighted by Gasteiger charge is 2.40. The van der Waals surface area contributed by atoms with E-state index in [1.165, 1.54) is 0 Å². The Morgan fingerprint density at radius 2 is 2.29 bits per heavy atom. The molecule has 2 N–H and O–H groups in total. The number of nitrogens with zero attached hydrogens (tertiary/aromatic N) is 1. The van der Waals surface area contributed by atoms with Crippen LogP contribution in [0.4, 0.5) is 0 Å². The lowest BCUT2D eigenvalue weighted by Gasteiger charge is -2.47.